The summed E-state index contributed by atoms with van der Waals surface area (Å²) in [4.78, 5) is 8.84. The Morgan fingerprint density at radius 2 is 1.89 bits per heavy atom. The van der Waals surface area contributed by atoms with E-state index < -0.39 is 0 Å². The van der Waals surface area contributed by atoms with E-state index >= 15 is 0 Å². The molecule has 0 bridgehead atoms. The molecule has 2 aromatic rings. The molecule has 0 amide bonds. The summed E-state index contributed by atoms with van der Waals surface area (Å²) in [6.07, 6.45) is 0. The molecule has 0 unspecified atom stereocenters. The molecule has 0 spiro atoms. The number of benzene rings is 1. The standard InChI is InChI=1S/C15H19N3O/c1-9(2)15-17-12(8-14(16)18-15)11-7-10(3)5-6-13(11)19-4/h5-9H,1-4H3,(H2,16,17,18). The molecule has 2 N–H and O–H groups in total. The number of rotatable bonds is 3. The van der Waals surface area contributed by atoms with E-state index in [2.05, 4.69) is 9.97 Å². The number of methoxy groups -OCH3 is 1. The highest BCUT2D eigenvalue weighted by Gasteiger charge is 2.12. The molecule has 0 aliphatic heterocycles. The third-order valence-electron chi connectivity index (χ3n) is 2.91. The molecule has 100 valence electrons. The second kappa shape index (κ2) is 5.26. The van der Waals surface area contributed by atoms with E-state index in [0.717, 1.165) is 28.4 Å². The topological polar surface area (TPSA) is 61.0 Å². The molecule has 0 saturated heterocycles. The summed E-state index contributed by atoms with van der Waals surface area (Å²) in [5.41, 5.74) is 8.77. The summed E-state index contributed by atoms with van der Waals surface area (Å²) >= 11 is 0. The van der Waals surface area contributed by atoms with Gasteiger partial charge in [0.1, 0.15) is 17.4 Å². The van der Waals surface area contributed by atoms with Crippen LogP contribution >= 0.6 is 0 Å². The van der Waals surface area contributed by atoms with Crippen LogP contribution in [0.4, 0.5) is 5.82 Å². The smallest absolute Gasteiger partial charge is 0.133 e. The van der Waals surface area contributed by atoms with Crippen molar-refractivity contribution in [2.24, 2.45) is 0 Å². The Labute approximate surface area is 113 Å². The first-order valence-corrected chi connectivity index (χ1v) is 6.30. The Morgan fingerprint density at radius 1 is 1.16 bits per heavy atom. The predicted octanol–water partition coefficient (Wildman–Crippen LogP) is 3.17. The van der Waals surface area contributed by atoms with Crippen molar-refractivity contribution in [1.82, 2.24) is 9.97 Å². The summed E-state index contributed by atoms with van der Waals surface area (Å²) in [6, 6.07) is 7.78. The molecule has 2 rings (SSSR count). The Bertz CT molecular complexity index is 594. The first kappa shape index (κ1) is 13.3. The molecule has 1 aromatic heterocycles. The summed E-state index contributed by atoms with van der Waals surface area (Å²) < 4.78 is 5.39. The maximum Gasteiger partial charge on any atom is 0.133 e. The quantitative estimate of drug-likeness (QED) is 0.917. The molecule has 0 fully saturated rings. The molecular weight excluding hydrogens is 238 g/mol. The minimum Gasteiger partial charge on any atom is -0.496 e. The zero-order valence-electron chi connectivity index (χ0n) is 11.8. The number of ether oxygens (including phenoxy) is 1. The number of nitrogens with two attached hydrogens (primary N) is 1. The summed E-state index contributed by atoms with van der Waals surface area (Å²) in [7, 11) is 1.65. The van der Waals surface area contributed by atoms with E-state index in [1.54, 1.807) is 13.2 Å². The van der Waals surface area contributed by atoms with Crippen LogP contribution in [0.3, 0.4) is 0 Å². The fourth-order valence-electron chi connectivity index (χ4n) is 1.90. The van der Waals surface area contributed by atoms with Crippen LogP contribution in [0.2, 0.25) is 0 Å². The van der Waals surface area contributed by atoms with E-state index in [9.17, 15) is 0 Å². The van der Waals surface area contributed by atoms with Crippen LogP contribution in [-0.2, 0) is 0 Å². The second-order valence-corrected chi connectivity index (χ2v) is 4.89. The fourth-order valence-corrected chi connectivity index (χ4v) is 1.90. The van der Waals surface area contributed by atoms with Crippen LogP contribution in [-0.4, -0.2) is 17.1 Å². The van der Waals surface area contributed by atoms with E-state index in [4.69, 9.17) is 10.5 Å². The number of hydrogen-bond donors (Lipinski definition) is 1. The monoisotopic (exact) mass is 257 g/mol. The molecule has 1 aromatic carbocycles. The number of nitrogen functional groups attached to an aromatic ring is 1. The van der Waals surface area contributed by atoms with Crippen molar-refractivity contribution in [1.29, 1.82) is 0 Å². The largest absolute Gasteiger partial charge is 0.496 e. The zero-order chi connectivity index (χ0) is 14.0. The van der Waals surface area contributed by atoms with Crippen LogP contribution in [0, 0.1) is 6.92 Å². The lowest BCUT2D eigenvalue weighted by molar-refractivity contribution is 0.416. The lowest BCUT2D eigenvalue weighted by Gasteiger charge is -2.12. The summed E-state index contributed by atoms with van der Waals surface area (Å²) in [5.74, 6) is 2.26. The molecule has 4 heteroatoms. The number of nitrogens with zero attached hydrogens (tertiary/aromatic N) is 2. The molecule has 0 saturated carbocycles. The number of aryl methyl sites for hydroxylation is 1. The highest BCUT2D eigenvalue weighted by molar-refractivity contribution is 5.69. The van der Waals surface area contributed by atoms with Gasteiger partial charge >= 0.3 is 0 Å². The maximum absolute atomic E-state index is 5.87. The van der Waals surface area contributed by atoms with Crippen LogP contribution in [0.5, 0.6) is 5.75 Å². The highest BCUT2D eigenvalue weighted by Crippen LogP contribution is 2.30. The van der Waals surface area contributed by atoms with Gasteiger partial charge in [0.25, 0.3) is 0 Å². The maximum atomic E-state index is 5.87. The van der Waals surface area contributed by atoms with Crippen molar-refractivity contribution in [3.8, 4) is 17.0 Å². The molecule has 19 heavy (non-hydrogen) atoms. The molecule has 1 heterocycles. The predicted molar refractivity (Wildman–Crippen MR) is 77.3 cm³/mol. The van der Waals surface area contributed by atoms with Crippen LogP contribution in [0.15, 0.2) is 24.3 Å². The van der Waals surface area contributed by atoms with Crippen molar-refractivity contribution >= 4 is 5.82 Å². The van der Waals surface area contributed by atoms with E-state index in [1.165, 1.54) is 0 Å². The van der Waals surface area contributed by atoms with Crippen molar-refractivity contribution in [3.63, 3.8) is 0 Å². The molecule has 0 radical (unpaired) electrons. The van der Waals surface area contributed by atoms with Gasteiger partial charge in [-0.15, -0.1) is 0 Å². The average Bonchev–Trinajstić information content (AvgIpc) is 2.37. The summed E-state index contributed by atoms with van der Waals surface area (Å²) in [6.45, 7) is 6.13. The molecule has 0 atom stereocenters. The Hall–Kier alpha value is -2.10. The van der Waals surface area contributed by atoms with Gasteiger partial charge in [-0.25, -0.2) is 9.97 Å². The fraction of sp³-hybridized carbons (Fsp3) is 0.333. The molecule has 4 nitrogen and oxygen atoms in total. The lowest BCUT2D eigenvalue weighted by atomic mass is 10.1. The number of aromatic nitrogens is 2. The van der Waals surface area contributed by atoms with Crippen molar-refractivity contribution < 1.29 is 4.74 Å². The molecule has 0 aliphatic carbocycles. The Morgan fingerprint density at radius 3 is 2.53 bits per heavy atom. The van der Waals surface area contributed by atoms with Crippen LogP contribution < -0.4 is 10.5 Å². The lowest BCUT2D eigenvalue weighted by Crippen LogP contribution is -2.03. The first-order valence-electron chi connectivity index (χ1n) is 6.30. The van der Waals surface area contributed by atoms with Gasteiger partial charge in [0, 0.05) is 17.5 Å². The van der Waals surface area contributed by atoms with Gasteiger partial charge in [0.15, 0.2) is 0 Å². The van der Waals surface area contributed by atoms with Crippen molar-refractivity contribution in [2.75, 3.05) is 12.8 Å². The Kier molecular flexibility index (Phi) is 3.69. The van der Waals surface area contributed by atoms with Gasteiger partial charge in [-0.3, -0.25) is 0 Å². The third-order valence-corrected chi connectivity index (χ3v) is 2.91. The van der Waals surface area contributed by atoms with Gasteiger partial charge < -0.3 is 10.5 Å². The van der Waals surface area contributed by atoms with Gasteiger partial charge in [0.05, 0.1) is 12.8 Å². The minimum absolute atomic E-state index is 0.234. The SMILES string of the molecule is COc1ccc(C)cc1-c1cc(N)nc(C(C)C)n1. The van der Waals surface area contributed by atoms with E-state index in [0.29, 0.717) is 5.82 Å². The van der Waals surface area contributed by atoms with Gasteiger partial charge in [0.2, 0.25) is 0 Å². The zero-order valence-corrected chi connectivity index (χ0v) is 11.8. The minimum atomic E-state index is 0.234. The Balaban J connectivity index is 2.61. The highest BCUT2D eigenvalue weighted by atomic mass is 16.5. The van der Waals surface area contributed by atoms with E-state index in [-0.39, 0.29) is 5.92 Å². The number of anilines is 1. The normalized spacial score (nSPS) is 10.8. The van der Waals surface area contributed by atoms with Crippen LogP contribution in [0.25, 0.3) is 11.3 Å². The summed E-state index contributed by atoms with van der Waals surface area (Å²) in [5, 5.41) is 0. The van der Waals surface area contributed by atoms with Gasteiger partial charge in [-0.2, -0.15) is 0 Å². The third kappa shape index (κ3) is 2.84. The second-order valence-electron chi connectivity index (χ2n) is 4.89. The van der Waals surface area contributed by atoms with Crippen molar-refractivity contribution in [3.05, 3.63) is 35.7 Å². The van der Waals surface area contributed by atoms with Crippen molar-refractivity contribution in [2.45, 2.75) is 26.7 Å². The van der Waals surface area contributed by atoms with Crippen LogP contribution in [0.1, 0.15) is 31.2 Å². The first-order chi connectivity index (χ1) is 9.01. The van der Waals surface area contributed by atoms with Gasteiger partial charge in [-0.05, 0) is 19.1 Å². The molecule has 0 aliphatic rings. The van der Waals surface area contributed by atoms with E-state index in [1.807, 2.05) is 39.0 Å². The number of hydrogen-bond acceptors (Lipinski definition) is 4. The average molecular weight is 257 g/mol. The molecular formula is C15H19N3O. The van der Waals surface area contributed by atoms with Gasteiger partial charge in [-0.1, -0.05) is 25.5 Å².